The molecule has 1 atom stereocenters. The van der Waals surface area contributed by atoms with Crippen LogP contribution in [0, 0.1) is 11.6 Å². The number of hydrogen-bond acceptors (Lipinski definition) is 3. The van der Waals surface area contributed by atoms with Crippen molar-refractivity contribution in [2.45, 2.75) is 18.9 Å². The molecule has 0 aliphatic carbocycles. The first-order chi connectivity index (χ1) is 17.6. The summed E-state index contributed by atoms with van der Waals surface area (Å²) in [4.78, 5) is 16.3. The number of carbonyl (C=O) groups is 1. The fourth-order valence-corrected chi connectivity index (χ4v) is 4.25. The van der Waals surface area contributed by atoms with Crippen molar-refractivity contribution < 1.29 is 31.5 Å². The second-order valence-corrected chi connectivity index (χ2v) is 9.20. The minimum Gasteiger partial charge on any atom is -0.368 e. The highest BCUT2D eigenvalue weighted by Crippen LogP contribution is 2.30. The topological polar surface area (TPSA) is 32.8 Å². The zero-order valence-corrected chi connectivity index (χ0v) is 20.4. The Labute approximate surface area is 216 Å². The molecule has 1 heterocycles. The summed E-state index contributed by atoms with van der Waals surface area (Å²) in [5.74, 6) is -2.14. The van der Waals surface area contributed by atoms with Crippen LogP contribution in [0.25, 0.3) is 0 Å². The monoisotopic (exact) mass is 538 g/mol. The zero-order chi connectivity index (χ0) is 26.6. The van der Waals surface area contributed by atoms with Crippen LogP contribution in [0.3, 0.4) is 0 Å². The average Bonchev–Trinajstić information content (AvgIpc) is 2.87. The first kappa shape index (κ1) is 27.0. The maximum absolute atomic E-state index is 14.0. The molecule has 1 fully saturated rings. The van der Waals surface area contributed by atoms with E-state index >= 15 is 0 Å². The van der Waals surface area contributed by atoms with Gasteiger partial charge >= 0.3 is 6.18 Å². The molecule has 1 saturated heterocycles. The van der Waals surface area contributed by atoms with E-state index in [1.165, 1.54) is 17.0 Å². The van der Waals surface area contributed by atoms with Gasteiger partial charge in [-0.15, -0.1) is 0 Å². The number of rotatable bonds is 7. The van der Waals surface area contributed by atoms with Gasteiger partial charge in [-0.2, -0.15) is 13.2 Å². The molecule has 4 nitrogen and oxygen atoms in total. The van der Waals surface area contributed by atoms with Crippen molar-refractivity contribution in [3.8, 4) is 0 Å². The molecule has 37 heavy (non-hydrogen) atoms. The van der Waals surface area contributed by atoms with Crippen molar-refractivity contribution in [1.82, 2.24) is 9.80 Å². The van der Waals surface area contributed by atoms with E-state index < -0.39 is 35.4 Å². The molecule has 0 spiro atoms. The highest BCUT2D eigenvalue weighted by molar-refractivity contribution is 6.30. The maximum atomic E-state index is 14.0. The van der Waals surface area contributed by atoms with Crippen molar-refractivity contribution in [1.29, 1.82) is 0 Å². The molecular weight excluding hydrogens is 515 g/mol. The smallest absolute Gasteiger partial charge is 0.368 e. The molecule has 0 aromatic heterocycles. The van der Waals surface area contributed by atoms with Crippen LogP contribution in [-0.2, 0) is 17.5 Å². The Morgan fingerprint density at radius 1 is 0.919 bits per heavy atom. The number of ether oxygens (including phenoxy) is 1. The first-order valence-corrected chi connectivity index (χ1v) is 12.0. The van der Waals surface area contributed by atoms with Gasteiger partial charge in [-0.25, -0.2) is 8.78 Å². The minimum absolute atomic E-state index is 0.105. The number of amides is 1. The van der Waals surface area contributed by atoms with Gasteiger partial charge in [-0.1, -0.05) is 35.9 Å². The van der Waals surface area contributed by atoms with Crippen molar-refractivity contribution >= 4 is 17.5 Å². The molecule has 0 bridgehead atoms. The Kier molecular flexibility index (Phi) is 8.46. The quantitative estimate of drug-likeness (QED) is 0.329. The molecule has 196 valence electrons. The number of piperazine rings is 1. The minimum atomic E-state index is -4.41. The van der Waals surface area contributed by atoms with Crippen LogP contribution in [0.5, 0.6) is 0 Å². The van der Waals surface area contributed by atoms with Gasteiger partial charge in [0.15, 0.2) is 0 Å². The third-order valence-electron chi connectivity index (χ3n) is 6.22. The fourth-order valence-electron chi connectivity index (χ4n) is 4.12. The molecule has 1 aliphatic heterocycles. The van der Waals surface area contributed by atoms with Crippen molar-refractivity contribution in [2.75, 3.05) is 32.7 Å². The van der Waals surface area contributed by atoms with Crippen LogP contribution in [0.2, 0.25) is 5.02 Å². The van der Waals surface area contributed by atoms with Crippen LogP contribution < -0.4 is 0 Å². The first-order valence-electron chi connectivity index (χ1n) is 11.6. The van der Waals surface area contributed by atoms with E-state index in [-0.39, 0.29) is 12.2 Å². The maximum Gasteiger partial charge on any atom is 0.416 e. The van der Waals surface area contributed by atoms with Crippen molar-refractivity contribution in [3.05, 3.63) is 106 Å². The largest absolute Gasteiger partial charge is 0.416 e. The van der Waals surface area contributed by atoms with E-state index in [1.807, 2.05) is 12.1 Å². The van der Waals surface area contributed by atoms with Gasteiger partial charge in [0.25, 0.3) is 5.91 Å². The predicted molar refractivity (Wildman–Crippen MR) is 129 cm³/mol. The number of halogens is 6. The summed E-state index contributed by atoms with van der Waals surface area (Å²) in [6, 6.07) is 14.8. The normalized spacial score (nSPS) is 15.6. The summed E-state index contributed by atoms with van der Waals surface area (Å²) in [5.41, 5.74) is 0.555. The Morgan fingerprint density at radius 2 is 1.57 bits per heavy atom. The number of alkyl halides is 3. The summed E-state index contributed by atoms with van der Waals surface area (Å²) in [7, 11) is 0. The van der Waals surface area contributed by atoms with Gasteiger partial charge in [0.2, 0.25) is 0 Å². The van der Waals surface area contributed by atoms with Crippen molar-refractivity contribution in [2.24, 2.45) is 0 Å². The van der Waals surface area contributed by atoms with E-state index in [1.54, 1.807) is 12.1 Å². The molecule has 1 amide bonds. The van der Waals surface area contributed by atoms with Gasteiger partial charge in [0.05, 0.1) is 23.8 Å². The lowest BCUT2D eigenvalue weighted by molar-refractivity contribution is -0.137. The summed E-state index contributed by atoms with van der Waals surface area (Å²) in [5, 5.41) is 0.561. The lowest BCUT2D eigenvalue weighted by Gasteiger charge is -2.36. The van der Waals surface area contributed by atoms with Gasteiger partial charge in [-0.05, 0) is 47.5 Å². The number of hydrogen-bond donors (Lipinski definition) is 0. The Morgan fingerprint density at radius 3 is 2.16 bits per heavy atom. The molecule has 0 N–H and O–H groups in total. The summed E-state index contributed by atoms with van der Waals surface area (Å²) < 4.78 is 71.9. The van der Waals surface area contributed by atoms with Crippen LogP contribution >= 0.6 is 11.6 Å². The summed E-state index contributed by atoms with van der Waals surface area (Å²) in [6.45, 7) is 2.28. The Balaban J connectivity index is 1.39. The molecule has 1 aliphatic rings. The Hall–Kier alpha value is -3.01. The molecule has 3 aromatic carbocycles. The Bertz CT molecular complexity index is 1210. The summed E-state index contributed by atoms with van der Waals surface area (Å²) in [6.07, 6.45) is -4.81. The molecule has 3 aromatic rings. The lowest BCUT2D eigenvalue weighted by Crippen LogP contribution is -2.49. The average molecular weight is 539 g/mol. The van der Waals surface area contributed by atoms with E-state index in [0.717, 1.165) is 29.8 Å². The number of carbonyl (C=O) groups excluding carboxylic acids is 1. The van der Waals surface area contributed by atoms with E-state index in [2.05, 4.69) is 4.90 Å². The molecule has 10 heteroatoms. The van der Waals surface area contributed by atoms with Gasteiger partial charge in [0.1, 0.15) is 11.6 Å². The van der Waals surface area contributed by atoms with Crippen LogP contribution in [-0.4, -0.2) is 48.4 Å². The standard InChI is InChI=1S/C27H24ClF5N2O2/c28-21-7-3-19(4-8-21)25(37-17-18-1-5-20(6-2-18)27(31,32)33)16-34-11-13-35(14-12-34)26(36)23-10-9-22(29)15-24(23)30/h1-10,15,25H,11-14,16-17H2. The van der Waals surface area contributed by atoms with Crippen LogP contribution in [0.4, 0.5) is 22.0 Å². The highest BCUT2D eigenvalue weighted by Gasteiger charge is 2.30. The SMILES string of the molecule is O=C(c1ccc(F)cc1F)N1CCN(CC(OCc2ccc(C(F)(F)F)cc2)c2ccc(Cl)cc2)CC1. The zero-order valence-electron chi connectivity index (χ0n) is 19.6. The van der Waals surface area contributed by atoms with Crippen LogP contribution in [0.15, 0.2) is 66.7 Å². The third-order valence-corrected chi connectivity index (χ3v) is 6.47. The highest BCUT2D eigenvalue weighted by atomic mass is 35.5. The molecule has 0 radical (unpaired) electrons. The predicted octanol–water partition coefficient (Wildman–Crippen LogP) is 6.35. The van der Waals surface area contributed by atoms with Crippen LogP contribution in [0.1, 0.15) is 33.2 Å². The fraction of sp³-hybridized carbons (Fsp3) is 0.296. The molecule has 4 rings (SSSR count). The number of benzene rings is 3. The van der Waals surface area contributed by atoms with Crippen molar-refractivity contribution in [3.63, 3.8) is 0 Å². The van der Waals surface area contributed by atoms with E-state index in [9.17, 15) is 26.7 Å². The molecule has 1 unspecified atom stereocenters. The van der Waals surface area contributed by atoms with Gasteiger partial charge in [-0.3, -0.25) is 9.69 Å². The summed E-state index contributed by atoms with van der Waals surface area (Å²) >= 11 is 6.02. The number of nitrogens with zero attached hydrogens (tertiary/aromatic N) is 2. The molecular formula is C27H24ClF5N2O2. The van der Waals surface area contributed by atoms with E-state index in [4.69, 9.17) is 16.3 Å². The van der Waals surface area contributed by atoms with E-state index in [0.29, 0.717) is 49.4 Å². The van der Waals surface area contributed by atoms with Gasteiger partial charge in [0, 0.05) is 43.8 Å². The van der Waals surface area contributed by atoms with Gasteiger partial charge < -0.3 is 9.64 Å². The molecule has 0 saturated carbocycles. The second-order valence-electron chi connectivity index (χ2n) is 8.76. The lowest BCUT2D eigenvalue weighted by atomic mass is 10.1. The third kappa shape index (κ3) is 7.06. The second kappa shape index (κ2) is 11.6.